The lowest BCUT2D eigenvalue weighted by atomic mass is 10.5. The van der Waals surface area contributed by atoms with Gasteiger partial charge in [-0.3, -0.25) is 0 Å². The Hall–Kier alpha value is -1.65. The molecule has 0 aromatic carbocycles. The second kappa shape index (κ2) is 2.19. The third kappa shape index (κ3) is 0.813. The fraction of sp³-hybridized carbons (Fsp3) is 0.167. The number of fused-ring (bicyclic) bond motifs is 1. The molecule has 0 spiro atoms. The van der Waals surface area contributed by atoms with Crippen LogP contribution in [-0.4, -0.2) is 27.2 Å². The van der Waals surface area contributed by atoms with E-state index in [1.54, 1.807) is 13.2 Å². The van der Waals surface area contributed by atoms with Crippen LogP contribution in [0.3, 0.4) is 0 Å². The second-order valence-electron chi connectivity index (χ2n) is 2.02. The highest BCUT2D eigenvalue weighted by Crippen LogP contribution is 2.08. The van der Waals surface area contributed by atoms with Crippen LogP contribution in [0.15, 0.2) is 18.2 Å². The van der Waals surface area contributed by atoms with Gasteiger partial charge < -0.3 is 4.74 Å². The molecule has 0 aliphatic rings. The van der Waals surface area contributed by atoms with Gasteiger partial charge in [0.2, 0.25) is 5.88 Å². The van der Waals surface area contributed by atoms with Crippen molar-refractivity contribution in [2.45, 2.75) is 0 Å². The van der Waals surface area contributed by atoms with Crippen LogP contribution in [0, 0.1) is 0 Å². The summed E-state index contributed by atoms with van der Waals surface area (Å²) in [6, 6.07) is 5.44. The Kier molecular flexibility index (Phi) is 1.21. The van der Waals surface area contributed by atoms with E-state index in [0.717, 1.165) is 0 Å². The van der Waals surface area contributed by atoms with E-state index in [4.69, 9.17) is 4.74 Å². The Morgan fingerprint density at radius 3 is 3.18 bits per heavy atom. The summed E-state index contributed by atoms with van der Waals surface area (Å²) in [6.07, 6.45) is 0. The van der Waals surface area contributed by atoms with Gasteiger partial charge in [0, 0.05) is 6.07 Å². The number of hydrogen-bond donors (Lipinski definition) is 0. The van der Waals surface area contributed by atoms with Crippen LogP contribution in [0.1, 0.15) is 0 Å². The van der Waals surface area contributed by atoms with Gasteiger partial charge >= 0.3 is 0 Å². The number of hydrogen-bond acceptors (Lipinski definition) is 4. The number of tetrazole rings is 1. The molecule has 0 bridgehead atoms. The molecule has 0 atom stereocenters. The molecule has 0 N–H and O–H groups in total. The van der Waals surface area contributed by atoms with Gasteiger partial charge in [-0.25, -0.2) is 0 Å². The Balaban J connectivity index is 2.79. The minimum absolute atomic E-state index is 0.632. The van der Waals surface area contributed by atoms with E-state index < -0.39 is 0 Å². The lowest BCUT2D eigenvalue weighted by molar-refractivity contribution is 0.384. The molecule has 2 aromatic heterocycles. The van der Waals surface area contributed by atoms with Gasteiger partial charge in [0.15, 0.2) is 5.65 Å². The molecule has 0 saturated carbocycles. The Bertz CT molecular complexity index is 369. The topological polar surface area (TPSA) is 52.3 Å². The van der Waals surface area contributed by atoms with E-state index in [2.05, 4.69) is 15.5 Å². The van der Waals surface area contributed by atoms with Crippen LogP contribution in [0.2, 0.25) is 0 Å². The molecule has 2 rings (SSSR count). The normalized spacial score (nSPS) is 10.3. The minimum atomic E-state index is 0.632. The third-order valence-electron chi connectivity index (χ3n) is 1.40. The Morgan fingerprint density at radius 1 is 1.45 bits per heavy atom. The first-order valence-electron chi connectivity index (χ1n) is 3.13. The Morgan fingerprint density at radius 2 is 2.36 bits per heavy atom. The lowest BCUT2D eigenvalue weighted by Crippen LogP contribution is -1.94. The van der Waals surface area contributed by atoms with Crippen molar-refractivity contribution in [3.05, 3.63) is 18.2 Å². The fourth-order valence-electron chi connectivity index (χ4n) is 0.897. The van der Waals surface area contributed by atoms with E-state index in [0.29, 0.717) is 11.5 Å². The molecule has 0 aliphatic heterocycles. The van der Waals surface area contributed by atoms with E-state index >= 15 is 0 Å². The number of rotatable bonds is 1. The summed E-state index contributed by atoms with van der Waals surface area (Å²) in [7, 11) is 1.58. The highest BCUT2D eigenvalue weighted by atomic mass is 16.5. The molecule has 5 heteroatoms. The molecular formula is C6H6N4O. The monoisotopic (exact) mass is 150 g/mol. The van der Waals surface area contributed by atoms with Gasteiger partial charge in [-0.05, 0) is 16.5 Å². The fourth-order valence-corrected chi connectivity index (χ4v) is 0.897. The van der Waals surface area contributed by atoms with Crippen molar-refractivity contribution in [3.8, 4) is 5.88 Å². The maximum atomic E-state index is 5.01. The molecule has 0 saturated heterocycles. The first-order valence-corrected chi connectivity index (χ1v) is 3.13. The van der Waals surface area contributed by atoms with Crippen LogP contribution in [0.4, 0.5) is 0 Å². The summed E-state index contributed by atoms with van der Waals surface area (Å²) in [6.45, 7) is 0. The number of ether oxygens (including phenoxy) is 1. The van der Waals surface area contributed by atoms with Crippen LogP contribution in [0.5, 0.6) is 5.88 Å². The van der Waals surface area contributed by atoms with Crippen molar-refractivity contribution in [2.75, 3.05) is 7.11 Å². The van der Waals surface area contributed by atoms with E-state index in [1.807, 2.05) is 12.1 Å². The summed E-state index contributed by atoms with van der Waals surface area (Å²) in [4.78, 5) is 0. The van der Waals surface area contributed by atoms with Crippen molar-refractivity contribution in [1.82, 2.24) is 20.0 Å². The summed E-state index contributed by atoms with van der Waals surface area (Å²) < 4.78 is 6.53. The maximum absolute atomic E-state index is 5.01. The first kappa shape index (κ1) is 6.09. The van der Waals surface area contributed by atoms with E-state index in [-0.39, 0.29) is 0 Å². The zero-order valence-corrected chi connectivity index (χ0v) is 5.93. The molecular weight excluding hydrogens is 144 g/mol. The van der Waals surface area contributed by atoms with Crippen LogP contribution >= 0.6 is 0 Å². The maximum Gasteiger partial charge on any atom is 0.217 e. The van der Waals surface area contributed by atoms with E-state index in [9.17, 15) is 0 Å². The highest BCUT2D eigenvalue weighted by Gasteiger charge is 2.00. The predicted molar refractivity (Wildman–Crippen MR) is 37.3 cm³/mol. The minimum Gasteiger partial charge on any atom is -0.481 e. The number of pyridine rings is 1. The third-order valence-corrected chi connectivity index (χ3v) is 1.40. The van der Waals surface area contributed by atoms with Gasteiger partial charge in [-0.1, -0.05) is 6.07 Å². The zero-order valence-electron chi connectivity index (χ0n) is 5.93. The van der Waals surface area contributed by atoms with Gasteiger partial charge in [-0.2, -0.15) is 4.52 Å². The quantitative estimate of drug-likeness (QED) is 0.580. The summed E-state index contributed by atoms with van der Waals surface area (Å²) in [5.74, 6) is 0.632. The SMILES string of the molecule is COc1cccc2nnnn12. The van der Waals surface area contributed by atoms with Crippen molar-refractivity contribution < 1.29 is 4.74 Å². The van der Waals surface area contributed by atoms with Gasteiger partial charge in [0.1, 0.15) is 0 Å². The molecule has 0 amide bonds. The predicted octanol–water partition coefficient (Wildman–Crippen LogP) is 0.133. The lowest BCUT2D eigenvalue weighted by Gasteiger charge is -1.98. The first-order chi connectivity index (χ1) is 5.42. The molecule has 0 radical (unpaired) electrons. The molecule has 0 aliphatic carbocycles. The number of methoxy groups -OCH3 is 1. The molecule has 0 fully saturated rings. The molecule has 2 heterocycles. The van der Waals surface area contributed by atoms with Gasteiger partial charge in [-0.15, -0.1) is 5.10 Å². The van der Waals surface area contributed by atoms with Crippen molar-refractivity contribution >= 4 is 5.65 Å². The number of nitrogens with zero attached hydrogens (tertiary/aromatic N) is 4. The molecule has 5 nitrogen and oxygen atoms in total. The standard InChI is InChI=1S/C6H6N4O/c1-11-6-4-2-3-5-7-8-9-10(5)6/h2-4H,1H3. The largest absolute Gasteiger partial charge is 0.481 e. The molecule has 56 valence electrons. The second-order valence-corrected chi connectivity index (χ2v) is 2.02. The smallest absolute Gasteiger partial charge is 0.217 e. The summed E-state index contributed by atoms with van der Waals surface area (Å²) >= 11 is 0. The van der Waals surface area contributed by atoms with Gasteiger partial charge in [0.25, 0.3) is 0 Å². The average molecular weight is 150 g/mol. The van der Waals surface area contributed by atoms with E-state index in [1.165, 1.54) is 4.52 Å². The van der Waals surface area contributed by atoms with Crippen LogP contribution < -0.4 is 4.74 Å². The van der Waals surface area contributed by atoms with Crippen LogP contribution in [-0.2, 0) is 0 Å². The van der Waals surface area contributed by atoms with Crippen molar-refractivity contribution in [1.29, 1.82) is 0 Å². The van der Waals surface area contributed by atoms with Crippen LogP contribution in [0.25, 0.3) is 5.65 Å². The summed E-state index contributed by atoms with van der Waals surface area (Å²) in [5, 5.41) is 11.0. The highest BCUT2D eigenvalue weighted by molar-refractivity contribution is 5.38. The molecule has 11 heavy (non-hydrogen) atoms. The summed E-state index contributed by atoms with van der Waals surface area (Å²) in [5.41, 5.74) is 0.685. The molecule has 2 aromatic rings. The molecule has 0 unspecified atom stereocenters. The van der Waals surface area contributed by atoms with Gasteiger partial charge in [0.05, 0.1) is 7.11 Å². The zero-order chi connectivity index (χ0) is 7.68. The average Bonchev–Trinajstić information content (AvgIpc) is 2.50. The van der Waals surface area contributed by atoms with Crippen molar-refractivity contribution in [2.24, 2.45) is 0 Å². The Labute approximate surface area is 62.6 Å². The van der Waals surface area contributed by atoms with Crippen molar-refractivity contribution in [3.63, 3.8) is 0 Å². The number of aromatic nitrogens is 4.